The molecule has 2 fully saturated rings. The van der Waals surface area contributed by atoms with E-state index in [1.165, 1.54) is 12.8 Å². The van der Waals surface area contributed by atoms with Gasteiger partial charge in [0.05, 0.1) is 13.2 Å². The molecule has 2 heterocycles. The Balaban J connectivity index is 0.00000240. The van der Waals surface area contributed by atoms with Gasteiger partial charge in [0.2, 0.25) is 5.91 Å². The molecule has 0 radical (unpaired) electrons. The van der Waals surface area contributed by atoms with Crippen molar-refractivity contribution < 1.29 is 9.53 Å². The molecule has 29 heavy (non-hydrogen) atoms. The van der Waals surface area contributed by atoms with Crippen LogP contribution in [0.1, 0.15) is 50.6 Å². The van der Waals surface area contributed by atoms with E-state index in [-0.39, 0.29) is 24.4 Å². The molecule has 0 aliphatic carbocycles. The molecule has 0 spiro atoms. The fraction of sp³-hybridized carbons (Fsp3) is 0.458. The summed E-state index contributed by atoms with van der Waals surface area (Å²) in [5.74, 6) is 1.57. The number of carbonyl (C=O) groups is 1. The summed E-state index contributed by atoms with van der Waals surface area (Å²) in [5, 5.41) is 6.84. The maximum Gasteiger partial charge on any atom is 0.220 e. The van der Waals surface area contributed by atoms with Crippen LogP contribution in [0.2, 0.25) is 0 Å². The largest absolute Gasteiger partial charge is 0.496 e. The fourth-order valence-electron chi connectivity index (χ4n) is 4.82. The smallest absolute Gasteiger partial charge is 0.220 e. The van der Waals surface area contributed by atoms with Crippen LogP contribution in [0.4, 0.5) is 0 Å². The molecule has 2 N–H and O–H groups in total. The number of hydrogen-bond acceptors (Lipinski definition) is 3. The van der Waals surface area contributed by atoms with Crippen molar-refractivity contribution in [2.24, 2.45) is 5.92 Å². The normalized spacial score (nSPS) is 23.7. The maximum atomic E-state index is 12.6. The summed E-state index contributed by atoms with van der Waals surface area (Å²) in [6, 6.07) is 17.7. The van der Waals surface area contributed by atoms with Gasteiger partial charge in [-0.3, -0.25) is 4.79 Å². The number of nitrogens with one attached hydrogen (secondary N) is 2. The number of ether oxygens (including phenoxy) is 1. The van der Waals surface area contributed by atoms with Crippen molar-refractivity contribution in [2.45, 2.75) is 57.2 Å². The van der Waals surface area contributed by atoms with E-state index >= 15 is 0 Å². The lowest BCUT2D eigenvalue weighted by molar-refractivity contribution is -0.122. The highest BCUT2D eigenvalue weighted by Crippen LogP contribution is 2.33. The van der Waals surface area contributed by atoms with Crippen molar-refractivity contribution in [1.82, 2.24) is 10.6 Å². The molecular weight excluding hydrogens is 384 g/mol. The van der Waals surface area contributed by atoms with E-state index in [0.717, 1.165) is 35.3 Å². The monoisotopic (exact) mass is 414 g/mol. The molecule has 2 aromatic rings. The van der Waals surface area contributed by atoms with E-state index in [9.17, 15) is 4.79 Å². The molecule has 2 aromatic carbocycles. The molecule has 3 atom stereocenters. The second-order valence-corrected chi connectivity index (χ2v) is 8.29. The molecular formula is C24H31ClN2O2. The zero-order valence-electron chi connectivity index (χ0n) is 17.2. The predicted molar refractivity (Wildman–Crippen MR) is 120 cm³/mol. The minimum atomic E-state index is 0. The second-order valence-electron chi connectivity index (χ2n) is 8.29. The minimum absolute atomic E-state index is 0. The van der Waals surface area contributed by atoms with Crippen LogP contribution >= 0.6 is 12.4 Å². The van der Waals surface area contributed by atoms with Crippen LogP contribution in [0.5, 0.6) is 5.75 Å². The highest BCUT2D eigenvalue weighted by Gasteiger charge is 2.34. The lowest BCUT2D eigenvalue weighted by Gasteiger charge is -2.29. The molecule has 4 rings (SSSR count). The number of carbonyl (C=O) groups excluding carboxylic acids is 1. The van der Waals surface area contributed by atoms with E-state index in [4.69, 9.17) is 4.74 Å². The van der Waals surface area contributed by atoms with Crippen LogP contribution in [0, 0.1) is 5.92 Å². The topological polar surface area (TPSA) is 50.4 Å². The summed E-state index contributed by atoms with van der Waals surface area (Å²) in [4.78, 5) is 12.6. The number of benzene rings is 2. The van der Waals surface area contributed by atoms with Crippen LogP contribution in [0.15, 0.2) is 48.5 Å². The van der Waals surface area contributed by atoms with Gasteiger partial charge >= 0.3 is 0 Å². The van der Waals surface area contributed by atoms with Gasteiger partial charge in [-0.05, 0) is 55.7 Å². The lowest BCUT2D eigenvalue weighted by atomic mass is 9.89. The van der Waals surface area contributed by atoms with E-state index in [1.54, 1.807) is 7.11 Å². The van der Waals surface area contributed by atoms with Crippen molar-refractivity contribution >= 4 is 18.3 Å². The first kappa shape index (κ1) is 21.7. The van der Waals surface area contributed by atoms with Gasteiger partial charge in [0, 0.05) is 24.1 Å². The Morgan fingerprint density at radius 3 is 2.41 bits per heavy atom. The SMILES string of the molecule is COc1ccccc1-c1ccc(C(C)NC(=O)CC2CC3CCC(C2)N3)cc1.Cl. The number of methoxy groups -OCH3 is 1. The minimum Gasteiger partial charge on any atom is -0.496 e. The Labute approximate surface area is 179 Å². The summed E-state index contributed by atoms with van der Waals surface area (Å²) >= 11 is 0. The van der Waals surface area contributed by atoms with E-state index in [2.05, 4.69) is 47.9 Å². The highest BCUT2D eigenvalue weighted by atomic mass is 35.5. The van der Waals surface area contributed by atoms with Crippen molar-refractivity contribution in [3.05, 3.63) is 54.1 Å². The molecule has 2 saturated heterocycles. The molecule has 1 amide bonds. The average molecular weight is 415 g/mol. The average Bonchev–Trinajstić information content (AvgIpc) is 3.06. The first-order chi connectivity index (χ1) is 13.6. The Bertz CT molecular complexity index is 812. The number of halogens is 1. The first-order valence-corrected chi connectivity index (χ1v) is 10.4. The van der Waals surface area contributed by atoms with E-state index in [0.29, 0.717) is 24.4 Å². The van der Waals surface area contributed by atoms with Crippen LogP contribution in [0.25, 0.3) is 11.1 Å². The Morgan fingerprint density at radius 1 is 1.10 bits per heavy atom. The van der Waals surface area contributed by atoms with Gasteiger partial charge in [-0.2, -0.15) is 0 Å². The van der Waals surface area contributed by atoms with Crippen LogP contribution in [0.3, 0.4) is 0 Å². The number of amides is 1. The van der Waals surface area contributed by atoms with Gasteiger partial charge in [-0.15, -0.1) is 12.4 Å². The first-order valence-electron chi connectivity index (χ1n) is 10.4. The van der Waals surface area contributed by atoms with Gasteiger partial charge in [-0.1, -0.05) is 42.5 Å². The molecule has 5 heteroatoms. The molecule has 2 aliphatic heterocycles. The third-order valence-corrected chi connectivity index (χ3v) is 6.25. The van der Waals surface area contributed by atoms with Crippen LogP contribution < -0.4 is 15.4 Å². The van der Waals surface area contributed by atoms with Crippen molar-refractivity contribution in [2.75, 3.05) is 7.11 Å². The number of rotatable bonds is 6. The Kier molecular flexibility index (Phi) is 7.20. The predicted octanol–water partition coefficient (Wildman–Crippen LogP) is 4.88. The van der Waals surface area contributed by atoms with Crippen molar-refractivity contribution in [3.63, 3.8) is 0 Å². The third kappa shape index (κ3) is 5.12. The second kappa shape index (κ2) is 9.64. The summed E-state index contributed by atoms with van der Waals surface area (Å²) < 4.78 is 5.46. The molecule has 0 aromatic heterocycles. The number of piperidine rings is 1. The van der Waals surface area contributed by atoms with Crippen molar-refractivity contribution in [1.29, 1.82) is 0 Å². The van der Waals surface area contributed by atoms with Crippen LogP contribution in [-0.2, 0) is 4.79 Å². The number of para-hydroxylation sites is 1. The fourth-order valence-corrected chi connectivity index (χ4v) is 4.82. The summed E-state index contributed by atoms with van der Waals surface area (Å²) in [6.07, 6.45) is 5.49. The molecule has 156 valence electrons. The van der Waals surface area contributed by atoms with Gasteiger partial charge in [0.25, 0.3) is 0 Å². The highest BCUT2D eigenvalue weighted by molar-refractivity contribution is 5.85. The molecule has 4 nitrogen and oxygen atoms in total. The summed E-state index contributed by atoms with van der Waals surface area (Å²) in [6.45, 7) is 2.06. The molecule has 2 bridgehead atoms. The molecule has 3 unspecified atom stereocenters. The number of fused-ring (bicyclic) bond motifs is 2. The summed E-state index contributed by atoms with van der Waals surface area (Å²) in [7, 11) is 1.69. The summed E-state index contributed by atoms with van der Waals surface area (Å²) in [5.41, 5.74) is 3.32. The van der Waals surface area contributed by atoms with Gasteiger partial charge in [-0.25, -0.2) is 0 Å². The molecule has 2 aliphatic rings. The zero-order valence-corrected chi connectivity index (χ0v) is 18.0. The zero-order chi connectivity index (χ0) is 19.5. The van der Waals surface area contributed by atoms with Crippen LogP contribution in [-0.4, -0.2) is 25.1 Å². The van der Waals surface area contributed by atoms with Gasteiger partial charge in [0.1, 0.15) is 5.75 Å². The van der Waals surface area contributed by atoms with Crippen molar-refractivity contribution in [3.8, 4) is 16.9 Å². The number of hydrogen-bond donors (Lipinski definition) is 2. The standard InChI is InChI=1S/C24H30N2O2.ClH/c1-16(25-24(27)15-17-13-20-11-12-21(14-17)26-20)18-7-9-19(10-8-18)22-5-3-4-6-23(22)28-2;/h3-10,16-17,20-21,26H,11-15H2,1-2H3,(H,25,27);1H. The van der Waals surface area contributed by atoms with Gasteiger partial charge in [0.15, 0.2) is 0 Å². The quantitative estimate of drug-likeness (QED) is 0.708. The van der Waals surface area contributed by atoms with E-state index < -0.39 is 0 Å². The Morgan fingerprint density at radius 2 is 1.76 bits per heavy atom. The Hall–Kier alpha value is -2.04. The lowest BCUT2D eigenvalue weighted by Crippen LogP contribution is -2.40. The maximum absolute atomic E-state index is 12.6. The van der Waals surface area contributed by atoms with E-state index in [1.807, 2.05) is 18.2 Å². The van der Waals surface area contributed by atoms with Gasteiger partial charge < -0.3 is 15.4 Å². The third-order valence-electron chi connectivity index (χ3n) is 6.25. The molecule has 0 saturated carbocycles.